The molecule has 3 rings (SSSR count). The Morgan fingerprint density at radius 1 is 1.09 bits per heavy atom. The lowest BCUT2D eigenvalue weighted by Crippen LogP contribution is -2.07. The normalized spacial score (nSPS) is 11.2. The molecule has 114 valence electrons. The molecule has 0 unspecified atom stereocenters. The van der Waals surface area contributed by atoms with Gasteiger partial charge < -0.3 is 4.57 Å². The first-order valence-corrected chi connectivity index (χ1v) is 8.53. The second-order valence-electron chi connectivity index (χ2n) is 5.33. The summed E-state index contributed by atoms with van der Waals surface area (Å²) in [5.41, 5.74) is 2.07. The van der Waals surface area contributed by atoms with Crippen molar-refractivity contribution < 1.29 is 0 Å². The predicted octanol–water partition coefficient (Wildman–Crippen LogP) is 3.88. The van der Waals surface area contributed by atoms with E-state index >= 15 is 0 Å². The van der Waals surface area contributed by atoms with Gasteiger partial charge in [0.25, 0.3) is 0 Å². The van der Waals surface area contributed by atoms with Crippen LogP contribution in [0.5, 0.6) is 0 Å². The lowest BCUT2D eigenvalue weighted by Gasteiger charge is -2.11. The Morgan fingerprint density at radius 2 is 1.91 bits per heavy atom. The molecule has 22 heavy (non-hydrogen) atoms. The molecule has 0 spiro atoms. The molecule has 0 fully saturated rings. The Bertz CT molecular complexity index is 715. The number of para-hydroxylation sites is 1. The van der Waals surface area contributed by atoms with Crippen LogP contribution < -0.4 is 0 Å². The molecule has 0 aliphatic heterocycles. The Balaban J connectivity index is 1.87. The first kappa shape index (κ1) is 14.9. The van der Waals surface area contributed by atoms with Crippen molar-refractivity contribution in [3.05, 3.63) is 55.0 Å². The quantitative estimate of drug-likeness (QED) is 0.693. The highest BCUT2D eigenvalue weighted by Crippen LogP contribution is 2.21. The summed E-state index contributed by atoms with van der Waals surface area (Å²) >= 11 is 1.96. The van der Waals surface area contributed by atoms with Crippen LogP contribution in [0.2, 0.25) is 0 Å². The van der Waals surface area contributed by atoms with Gasteiger partial charge in [0.1, 0.15) is 5.69 Å². The van der Waals surface area contributed by atoms with Gasteiger partial charge in [-0.2, -0.15) is 16.9 Å². The average Bonchev–Trinajstić information content (AvgIpc) is 3.15. The SMILES string of the molecule is CC(C)SCCn1ccnc1-c1ccnn1-c1ccccc1. The average molecular weight is 312 g/mol. The Morgan fingerprint density at radius 3 is 2.68 bits per heavy atom. The molecule has 0 N–H and O–H groups in total. The van der Waals surface area contributed by atoms with Gasteiger partial charge in [-0.05, 0) is 23.4 Å². The molecule has 2 aromatic heterocycles. The highest BCUT2D eigenvalue weighted by Gasteiger charge is 2.12. The van der Waals surface area contributed by atoms with Crippen molar-refractivity contribution in [1.29, 1.82) is 0 Å². The Kier molecular flexibility index (Phi) is 4.63. The van der Waals surface area contributed by atoms with Gasteiger partial charge in [0.05, 0.1) is 11.9 Å². The van der Waals surface area contributed by atoms with E-state index in [0.29, 0.717) is 5.25 Å². The van der Waals surface area contributed by atoms with Gasteiger partial charge in [-0.15, -0.1) is 0 Å². The van der Waals surface area contributed by atoms with Crippen LogP contribution in [0.25, 0.3) is 17.2 Å². The fraction of sp³-hybridized carbons (Fsp3) is 0.294. The van der Waals surface area contributed by atoms with Crippen LogP contribution in [0.4, 0.5) is 0 Å². The zero-order valence-electron chi connectivity index (χ0n) is 12.9. The summed E-state index contributed by atoms with van der Waals surface area (Å²) in [6.45, 7) is 5.41. The zero-order valence-corrected chi connectivity index (χ0v) is 13.7. The Labute approximate surface area is 135 Å². The summed E-state index contributed by atoms with van der Waals surface area (Å²) in [5, 5.41) is 5.10. The molecule has 2 heterocycles. The van der Waals surface area contributed by atoms with Crippen molar-refractivity contribution in [3.63, 3.8) is 0 Å². The van der Waals surface area contributed by atoms with Crippen molar-refractivity contribution in [2.24, 2.45) is 0 Å². The second kappa shape index (κ2) is 6.83. The van der Waals surface area contributed by atoms with Gasteiger partial charge in [0, 0.05) is 24.7 Å². The van der Waals surface area contributed by atoms with Crippen molar-refractivity contribution in [1.82, 2.24) is 19.3 Å². The smallest absolute Gasteiger partial charge is 0.158 e. The molecule has 0 amide bonds. The summed E-state index contributed by atoms with van der Waals surface area (Å²) in [5.74, 6) is 2.05. The van der Waals surface area contributed by atoms with Crippen molar-refractivity contribution in [2.75, 3.05) is 5.75 Å². The molecule has 0 radical (unpaired) electrons. The summed E-state index contributed by atoms with van der Waals surface area (Å²) < 4.78 is 4.14. The van der Waals surface area contributed by atoms with E-state index in [1.165, 1.54) is 0 Å². The van der Waals surface area contributed by atoms with E-state index in [1.54, 1.807) is 0 Å². The largest absolute Gasteiger partial charge is 0.329 e. The maximum absolute atomic E-state index is 4.54. The van der Waals surface area contributed by atoms with Crippen LogP contribution in [0.1, 0.15) is 13.8 Å². The molecule has 5 heteroatoms. The highest BCUT2D eigenvalue weighted by molar-refractivity contribution is 7.99. The number of benzene rings is 1. The lowest BCUT2D eigenvalue weighted by atomic mass is 10.3. The van der Waals surface area contributed by atoms with Crippen LogP contribution in [0, 0.1) is 0 Å². The third-order valence-electron chi connectivity index (χ3n) is 3.37. The molecule has 0 saturated carbocycles. The number of aryl methyl sites for hydroxylation is 1. The number of imidazole rings is 1. The first-order valence-electron chi connectivity index (χ1n) is 7.48. The molecule has 0 saturated heterocycles. The standard InChI is InChI=1S/C17H20N4S/c1-14(2)22-13-12-20-11-10-18-17(20)16-8-9-19-21(16)15-6-4-3-5-7-15/h3-11,14H,12-13H2,1-2H3. The third kappa shape index (κ3) is 3.25. The molecule has 0 bridgehead atoms. The van der Waals surface area contributed by atoms with Gasteiger partial charge >= 0.3 is 0 Å². The van der Waals surface area contributed by atoms with Gasteiger partial charge in [0.2, 0.25) is 0 Å². The number of nitrogens with zero attached hydrogens (tertiary/aromatic N) is 4. The fourth-order valence-electron chi connectivity index (χ4n) is 2.36. The maximum atomic E-state index is 4.54. The maximum Gasteiger partial charge on any atom is 0.158 e. The summed E-state index contributed by atoms with van der Waals surface area (Å²) in [4.78, 5) is 4.54. The minimum atomic E-state index is 0.654. The van der Waals surface area contributed by atoms with Gasteiger partial charge in [-0.3, -0.25) is 0 Å². The minimum Gasteiger partial charge on any atom is -0.329 e. The summed E-state index contributed by atoms with van der Waals surface area (Å²) in [7, 11) is 0. The fourth-order valence-corrected chi connectivity index (χ4v) is 3.13. The van der Waals surface area contributed by atoms with Gasteiger partial charge in [-0.25, -0.2) is 9.67 Å². The van der Waals surface area contributed by atoms with Gasteiger partial charge in [-0.1, -0.05) is 32.0 Å². The van der Waals surface area contributed by atoms with Crippen LogP contribution in [-0.2, 0) is 6.54 Å². The van der Waals surface area contributed by atoms with Crippen molar-refractivity contribution in [2.45, 2.75) is 25.6 Å². The Hall–Kier alpha value is -2.01. The predicted molar refractivity (Wildman–Crippen MR) is 92.4 cm³/mol. The minimum absolute atomic E-state index is 0.654. The van der Waals surface area contributed by atoms with E-state index in [2.05, 4.69) is 40.6 Å². The van der Waals surface area contributed by atoms with E-state index in [0.717, 1.165) is 29.5 Å². The van der Waals surface area contributed by atoms with Crippen LogP contribution in [0.15, 0.2) is 55.0 Å². The second-order valence-corrected chi connectivity index (χ2v) is 7.01. The topological polar surface area (TPSA) is 35.6 Å². The third-order valence-corrected chi connectivity index (χ3v) is 4.46. The first-order chi connectivity index (χ1) is 10.8. The van der Waals surface area contributed by atoms with E-state index in [9.17, 15) is 0 Å². The van der Waals surface area contributed by atoms with E-state index in [4.69, 9.17) is 0 Å². The molecule has 1 aromatic carbocycles. The molecular weight excluding hydrogens is 292 g/mol. The van der Waals surface area contributed by atoms with Gasteiger partial charge in [0.15, 0.2) is 5.82 Å². The number of hydrogen-bond acceptors (Lipinski definition) is 3. The molecule has 4 nitrogen and oxygen atoms in total. The van der Waals surface area contributed by atoms with E-state index in [-0.39, 0.29) is 0 Å². The van der Waals surface area contributed by atoms with E-state index < -0.39 is 0 Å². The monoisotopic (exact) mass is 312 g/mol. The van der Waals surface area contributed by atoms with Crippen molar-refractivity contribution in [3.8, 4) is 17.2 Å². The van der Waals surface area contributed by atoms with Crippen LogP contribution in [0.3, 0.4) is 0 Å². The summed E-state index contributed by atoms with van der Waals surface area (Å²) in [6.07, 6.45) is 5.72. The van der Waals surface area contributed by atoms with Crippen LogP contribution in [-0.4, -0.2) is 30.3 Å². The summed E-state index contributed by atoms with van der Waals surface area (Å²) in [6, 6.07) is 12.2. The van der Waals surface area contributed by atoms with Crippen LogP contribution >= 0.6 is 11.8 Å². The molecule has 0 aliphatic carbocycles. The number of hydrogen-bond donors (Lipinski definition) is 0. The highest BCUT2D eigenvalue weighted by atomic mass is 32.2. The number of aromatic nitrogens is 4. The molecule has 0 aliphatic rings. The number of thioether (sulfide) groups is 1. The van der Waals surface area contributed by atoms with Crippen molar-refractivity contribution >= 4 is 11.8 Å². The molecule has 3 aromatic rings. The zero-order chi connectivity index (χ0) is 15.4. The van der Waals surface area contributed by atoms with E-state index in [1.807, 2.05) is 59.3 Å². The lowest BCUT2D eigenvalue weighted by molar-refractivity contribution is 0.765. The molecular formula is C17H20N4S. The number of rotatable bonds is 6. The molecule has 0 atom stereocenters.